The first-order chi connectivity index (χ1) is 16.5. The molecule has 0 aromatic carbocycles. The van der Waals surface area contributed by atoms with Crippen LogP contribution in [0.1, 0.15) is 48.0 Å². The Morgan fingerprint density at radius 1 is 1.22 bits per heavy atom. The van der Waals surface area contributed by atoms with E-state index in [2.05, 4.69) is 45.8 Å². The van der Waals surface area contributed by atoms with Crippen LogP contribution in [0.25, 0.3) is 0 Å². The Kier molecular flexibility index (Phi) is 9.94. The van der Waals surface area contributed by atoms with Crippen molar-refractivity contribution < 1.29 is 42.4 Å². The van der Waals surface area contributed by atoms with Gasteiger partial charge in [-0.2, -0.15) is 0 Å². The lowest BCUT2D eigenvalue weighted by atomic mass is 9.88. The van der Waals surface area contributed by atoms with E-state index < -0.39 is 56.3 Å². The largest absolute Gasteiger partial charge is 0.465 e. The smallest absolute Gasteiger partial charge is 0.366 e. The van der Waals surface area contributed by atoms with Gasteiger partial charge in [0.1, 0.15) is 18.3 Å². The van der Waals surface area contributed by atoms with Crippen LogP contribution in [0.15, 0.2) is 12.7 Å². The number of hydrogen-bond acceptors (Lipinski definition) is 9. The van der Waals surface area contributed by atoms with E-state index in [1.54, 1.807) is 6.08 Å². The molecule has 0 spiro atoms. The summed E-state index contributed by atoms with van der Waals surface area (Å²) < 4.78 is 42.1. The predicted octanol–water partition coefficient (Wildman–Crippen LogP) is 2.91. The van der Waals surface area contributed by atoms with E-state index in [4.69, 9.17) is 32.8 Å². The van der Waals surface area contributed by atoms with Crippen LogP contribution < -0.4 is 5.32 Å². The van der Waals surface area contributed by atoms with E-state index >= 15 is 0 Å². The summed E-state index contributed by atoms with van der Waals surface area (Å²) >= 11 is 0. The lowest BCUT2D eigenvalue weighted by Crippen LogP contribution is -2.69. The monoisotopic (exact) mass is 531 g/mol. The Bertz CT molecular complexity index is 797. The van der Waals surface area contributed by atoms with Crippen molar-refractivity contribution in [3.63, 3.8) is 0 Å². The summed E-state index contributed by atoms with van der Waals surface area (Å²) in [5.41, 5.74) is 0. The van der Waals surface area contributed by atoms with E-state index in [1.807, 2.05) is 13.8 Å². The number of esters is 1. The number of ether oxygens (including phenoxy) is 6. The highest BCUT2D eigenvalue weighted by atomic mass is 28.4. The molecule has 10 nitrogen and oxygen atoms in total. The summed E-state index contributed by atoms with van der Waals surface area (Å²) in [6.45, 7) is 19.8. The molecule has 2 fully saturated rings. The highest BCUT2D eigenvalue weighted by molar-refractivity contribution is 6.74. The minimum atomic E-state index is -2.38. The van der Waals surface area contributed by atoms with Crippen molar-refractivity contribution in [2.45, 2.75) is 108 Å². The number of carbonyl (C=O) groups is 2. The maximum atomic E-state index is 13.0. The molecule has 2 saturated heterocycles. The predicted molar refractivity (Wildman–Crippen MR) is 136 cm³/mol. The average molecular weight is 532 g/mol. The minimum Gasteiger partial charge on any atom is -0.465 e. The fourth-order valence-electron chi connectivity index (χ4n) is 4.27. The van der Waals surface area contributed by atoms with Crippen LogP contribution >= 0.6 is 0 Å². The molecule has 1 amide bonds. The maximum Gasteiger partial charge on any atom is 0.366 e. The van der Waals surface area contributed by atoms with E-state index in [-0.39, 0.29) is 30.6 Å². The molecule has 0 unspecified atom stereocenters. The molecule has 1 N–H and O–H groups in total. The lowest BCUT2D eigenvalue weighted by molar-refractivity contribution is -0.307. The SMILES string of the molecule is C=CCO[C@@H]([C@@H]1O[C@](OC)(C(=O)OC)C[C@H](O[Si](C)(C)C(C)(C)C)[C@H]1NC(C)=O)[C@H]1COC(C)(C)O1. The third kappa shape index (κ3) is 6.94. The molecular formula is C25H45NO9Si. The molecule has 36 heavy (non-hydrogen) atoms. The number of amides is 1. The summed E-state index contributed by atoms with van der Waals surface area (Å²) in [5.74, 6) is -3.58. The van der Waals surface area contributed by atoms with Gasteiger partial charge < -0.3 is 38.2 Å². The number of nitrogens with one attached hydrogen (secondary N) is 1. The highest BCUT2D eigenvalue weighted by Crippen LogP contribution is 2.43. The Labute approximate surface area is 216 Å². The van der Waals surface area contributed by atoms with E-state index in [9.17, 15) is 9.59 Å². The number of carbonyl (C=O) groups excluding carboxylic acids is 2. The van der Waals surface area contributed by atoms with Crippen molar-refractivity contribution in [3.05, 3.63) is 12.7 Å². The van der Waals surface area contributed by atoms with Crippen LogP contribution in [0.5, 0.6) is 0 Å². The van der Waals surface area contributed by atoms with Gasteiger partial charge in [-0.05, 0) is 32.0 Å². The van der Waals surface area contributed by atoms with Gasteiger partial charge >= 0.3 is 5.97 Å². The van der Waals surface area contributed by atoms with Crippen molar-refractivity contribution in [2.75, 3.05) is 27.4 Å². The summed E-state index contributed by atoms with van der Waals surface area (Å²) in [5, 5.41) is 2.87. The van der Waals surface area contributed by atoms with Crippen LogP contribution in [0.3, 0.4) is 0 Å². The Morgan fingerprint density at radius 3 is 2.31 bits per heavy atom. The molecule has 0 aliphatic carbocycles. The van der Waals surface area contributed by atoms with Gasteiger partial charge in [-0.1, -0.05) is 26.8 Å². The zero-order chi connectivity index (χ0) is 27.5. The van der Waals surface area contributed by atoms with Gasteiger partial charge in [-0.3, -0.25) is 4.79 Å². The van der Waals surface area contributed by atoms with E-state index in [1.165, 1.54) is 21.1 Å². The average Bonchev–Trinajstić information content (AvgIpc) is 3.13. The third-order valence-corrected chi connectivity index (χ3v) is 11.6. The van der Waals surface area contributed by atoms with Gasteiger partial charge in [0.25, 0.3) is 5.79 Å². The van der Waals surface area contributed by atoms with Gasteiger partial charge in [0.2, 0.25) is 5.91 Å². The van der Waals surface area contributed by atoms with Crippen molar-refractivity contribution in [3.8, 4) is 0 Å². The molecular weight excluding hydrogens is 486 g/mol. The molecule has 0 bridgehead atoms. The van der Waals surface area contributed by atoms with Crippen molar-refractivity contribution in [1.82, 2.24) is 5.32 Å². The number of rotatable bonds is 10. The van der Waals surface area contributed by atoms with Crippen LogP contribution in [0.2, 0.25) is 18.1 Å². The Balaban J connectivity index is 2.63. The molecule has 2 aliphatic heterocycles. The molecule has 0 saturated carbocycles. The molecule has 2 heterocycles. The van der Waals surface area contributed by atoms with Gasteiger partial charge in [0.05, 0.1) is 32.5 Å². The summed E-state index contributed by atoms with van der Waals surface area (Å²) in [6.07, 6.45) is -1.23. The molecule has 11 heteroatoms. The summed E-state index contributed by atoms with van der Waals surface area (Å²) in [6, 6.07) is -0.674. The van der Waals surface area contributed by atoms with Crippen LogP contribution in [0.4, 0.5) is 0 Å². The zero-order valence-corrected chi connectivity index (χ0v) is 24.5. The summed E-state index contributed by atoms with van der Waals surface area (Å²) in [7, 11) is 0.277. The normalized spacial score (nSPS) is 31.5. The minimum absolute atomic E-state index is 0.0197. The van der Waals surface area contributed by atoms with Crippen molar-refractivity contribution in [2.24, 2.45) is 0 Å². The second kappa shape index (κ2) is 11.6. The zero-order valence-electron chi connectivity index (χ0n) is 23.5. The van der Waals surface area contributed by atoms with Crippen LogP contribution in [-0.2, 0) is 42.4 Å². The topological polar surface area (TPSA) is 111 Å². The fourth-order valence-corrected chi connectivity index (χ4v) is 5.61. The fraction of sp³-hybridized carbons (Fsp3) is 0.840. The lowest BCUT2D eigenvalue weighted by Gasteiger charge is -2.51. The van der Waals surface area contributed by atoms with Gasteiger partial charge in [-0.25, -0.2) is 4.79 Å². The molecule has 6 atom stereocenters. The molecule has 2 rings (SSSR count). The van der Waals surface area contributed by atoms with Gasteiger partial charge in [-0.15, -0.1) is 6.58 Å². The standard InChI is InChI=1S/C25H45NO9Si/c1-12-13-31-20(18-15-32-24(6,7)33-18)21-19(26-16(2)27)17(35-36(10,11)23(3,4)5)14-25(30-9,34-21)22(28)29-8/h12,17-21H,1,13-15H2,2-11H3,(H,26,27)/t17-,18+,19+,20+,21+,25-/m0/s1. The number of hydrogen-bond donors (Lipinski definition) is 1. The molecule has 0 radical (unpaired) electrons. The van der Waals surface area contributed by atoms with Crippen molar-refractivity contribution >= 4 is 20.2 Å². The van der Waals surface area contributed by atoms with Crippen LogP contribution in [-0.4, -0.2) is 89.7 Å². The van der Waals surface area contributed by atoms with Crippen molar-refractivity contribution in [1.29, 1.82) is 0 Å². The van der Waals surface area contributed by atoms with Gasteiger partial charge in [0, 0.05) is 20.5 Å². The first-order valence-electron chi connectivity index (χ1n) is 12.3. The summed E-state index contributed by atoms with van der Waals surface area (Å²) in [4.78, 5) is 25.4. The molecule has 0 aromatic rings. The molecule has 2 aliphatic rings. The first kappa shape index (κ1) is 30.9. The third-order valence-electron chi connectivity index (χ3n) is 7.13. The second-order valence-corrected chi connectivity index (χ2v) is 16.1. The van der Waals surface area contributed by atoms with Gasteiger partial charge in [0.15, 0.2) is 14.1 Å². The van der Waals surface area contributed by atoms with E-state index in [0.29, 0.717) is 0 Å². The first-order valence-corrected chi connectivity index (χ1v) is 15.2. The molecule has 208 valence electrons. The maximum absolute atomic E-state index is 13.0. The highest BCUT2D eigenvalue weighted by Gasteiger charge is 2.59. The van der Waals surface area contributed by atoms with E-state index in [0.717, 1.165) is 0 Å². The Hall–Kier alpha value is -1.34. The second-order valence-electron chi connectivity index (χ2n) is 11.3. The van der Waals surface area contributed by atoms with Crippen LogP contribution in [0, 0.1) is 0 Å². The quantitative estimate of drug-likeness (QED) is 0.258. The Morgan fingerprint density at radius 2 is 1.86 bits per heavy atom. The molecule has 0 aromatic heterocycles. The number of methoxy groups -OCH3 is 2.